The lowest BCUT2D eigenvalue weighted by molar-refractivity contribution is 0.383. The highest BCUT2D eigenvalue weighted by atomic mass is 16.5. The van der Waals surface area contributed by atoms with Crippen molar-refractivity contribution >= 4 is 6.01 Å². The minimum Gasteiger partial charge on any atom is -0.335 e. The first kappa shape index (κ1) is 11.4. The quantitative estimate of drug-likeness (QED) is 0.819. The highest BCUT2D eigenvalue weighted by Gasteiger charge is 2.20. The van der Waals surface area contributed by atoms with Crippen molar-refractivity contribution in [2.24, 2.45) is 5.73 Å². The number of nitrogens with two attached hydrogens (primary N) is 1. The van der Waals surface area contributed by atoms with E-state index in [0.717, 1.165) is 31.5 Å². The van der Waals surface area contributed by atoms with E-state index in [9.17, 15) is 0 Å². The van der Waals surface area contributed by atoms with Crippen LogP contribution in [0.5, 0.6) is 0 Å². The first-order chi connectivity index (χ1) is 7.65. The molecule has 2 rings (SSSR count). The van der Waals surface area contributed by atoms with Gasteiger partial charge in [-0.3, -0.25) is 0 Å². The molecule has 0 saturated heterocycles. The molecule has 0 aromatic carbocycles. The number of hydrogen-bond acceptors (Lipinski definition) is 5. The molecule has 1 aliphatic carbocycles. The number of rotatable bonds is 3. The summed E-state index contributed by atoms with van der Waals surface area (Å²) in [7, 11) is 0. The molecule has 0 amide bonds. The summed E-state index contributed by atoms with van der Waals surface area (Å²) in [6.45, 7) is 4.10. The van der Waals surface area contributed by atoms with Gasteiger partial charge in [0.05, 0.1) is 0 Å². The van der Waals surface area contributed by atoms with Crippen molar-refractivity contribution in [3.63, 3.8) is 0 Å². The Morgan fingerprint density at radius 1 is 1.31 bits per heavy atom. The Bertz CT molecular complexity index is 328. The van der Waals surface area contributed by atoms with Crippen LogP contribution in [-0.2, 0) is 0 Å². The molecule has 0 atom stereocenters. The fourth-order valence-electron chi connectivity index (χ4n) is 1.97. The van der Waals surface area contributed by atoms with Crippen molar-refractivity contribution < 1.29 is 4.52 Å². The Kier molecular flexibility index (Phi) is 3.43. The van der Waals surface area contributed by atoms with Crippen molar-refractivity contribution in [1.29, 1.82) is 0 Å². The van der Waals surface area contributed by atoms with Crippen molar-refractivity contribution in [3.8, 4) is 0 Å². The van der Waals surface area contributed by atoms with E-state index in [1.165, 1.54) is 0 Å². The molecule has 1 aromatic rings. The largest absolute Gasteiger partial charge is 0.335 e. The summed E-state index contributed by atoms with van der Waals surface area (Å²) in [6.07, 6.45) is 4.31. The van der Waals surface area contributed by atoms with Crippen molar-refractivity contribution in [3.05, 3.63) is 5.82 Å². The Labute approximate surface area is 95.8 Å². The molecule has 5 heteroatoms. The average Bonchev–Trinajstić information content (AvgIpc) is 2.70. The third kappa shape index (κ3) is 2.72. The van der Waals surface area contributed by atoms with Crippen LogP contribution in [0.3, 0.4) is 0 Å². The van der Waals surface area contributed by atoms with Gasteiger partial charge in [-0.2, -0.15) is 4.98 Å². The fraction of sp³-hybridized carbons (Fsp3) is 0.818. The first-order valence-corrected chi connectivity index (χ1v) is 6.01. The summed E-state index contributed by atoms with van der Waals surface area (Å²) in [4.78, 5) is 4.30. The lowest BCUT2D eigenvalue weighted by atomic mass is 9.92. The summed E-state index contributed by atoms with van der Waals surface area (Å²) < 4.78 is 5.15. The maximum absolute atomic E-state index is 5.85. The molecule has 0 spiro atoms. The van der Waals surface area contributed by atoms with E-state index in [1.807, 2.05) is 13.8 Å². The zero-order valence-electron chi connectivity index (χ0n) is 9.94. The maximum atomic E-state index is 5.85. The van der Waals surface area contributed by atoms with Crippen molar-refractivity contribution in [1.82, 2.24) is 10.1 Å². The standard InChI is InChI=1S/C11H20N4O/c1-7(2)10-14-11(16-15-10)13-9-5-3-8(12)4-6-9/h7-9H,3-6,12H2,1-2H3,(H,13,14,15). The van der Waals surface area contributed by atoms with E-state index in [1.54, 1.807) is 0 Å². The summed E-state index contributed by atoms with van der Waals surface area (Å²) in [5.41, 5.74) is 5.85. The van der Waals surface area contributed by atoms with Crippen LogP contribution in [0.1, 0.15) is 51.3 Å². The zero-order chi connectivity index (χ0) is 11.5. The van der Waals surface area contributed by atoms with Crippen molar-refractivity contribution in [2.75, 3.05) is 5.32 Å². The predicted octanol–water partition coefficient (Wildman–Crippen LogP) is 1.87. The molecule has 16 heavy (non-hydrogen) atoms. The number of anilines is 1. The smallest absolute Gasteiger partial charge is 0.321 e. The Balaban J connectivity index is 1.88. The monoisotopic (exact) mass is 224 g/mol. The van der Waals surface area contributed by atoms with Gasteiger partial charge in [-0.1, -0.05) is 19.0 Å². The van der Waals surface area contributed by atoms with Crippen LogP contribution >= 0.6 is 0 Å². The predicted molar refractivity (Wildman–Crippen MR) is 62.2 cm³/mol. The van der Waals surface area contributed by atoms with Gasteiger partial charge in [0, 0.05) is 18.0 Å². The molecule has 1 aromatic heterocycles. The van der Waals surface area contributed by atoms with E-state index in [-0.39, 0.29) is 0 Å². The number of hydrogen-bond donors (Lipinski definition) is 2. The molecular weight excluding hydrogens is 204 g/mol. The van der Waals surface area contributed by atoms with Gasteiger partial charge in [-0.15, -0.1) is 0 Å². The molecule has 90 valence electrons. The molecule has 1 aliphatic rings. The summed E-state index contributed by atoms with van der Waals surface area (Å²) >= 11 is 0. The SMILES string of the molecule is CC(C)c1noc(NC2CCC(N)CC2)n1. The number of nitrogens with zero attached hydrogens (tertiary/aromatic N) is 2. The topological polar surface area (TPSA) is 77.0 Å². The normalized spacial score (nSPS) is 26.0. The molecule has 1 saturated carbocycles. The summed E-state index contributed by atoms with van der Waals surface area (Å²) in [5, 5.41) is 7.20. The van der Waals surface area contributed by atoms with E-state index in [2.05, 4.69) is 15.5 Å². The number of aromatic nitrogens is 2. The average molecular weight is 224 g/mol. The zero-order valence-corrected chi connectivity index (χ0v) is 9.94. The second-order valence-corrected chi connectivity index (χ2v) is 4.87. The highest BCUT2D eigenvalue weighted by molar-refractivity contribution is 5.21. The van der Waals surface area contributed by atoms with Crippen LogP contribution in [0.2, 0.25) is 0 Å². The van der Waals surface area contributed by atoms with Gasteiger partial charge in [0.2, 0.25) is 0 Å². The molecule has 5 nitrogen and oxygen atoms in total. The van der Waals surface area contributed by atoms with E-state index in [4.69, 9.17) is 10.3 Å². The lowest BCUT2D eigenvalue weighted by Gasteiger charge is -2.25. The molecule has 0 unspecified atom stereocenters. The number of nitrogens with one attached hydrogen (secondary N) is 1. The van der Waals surface area contributed by atoms with Crippen LogP contribution in [-0.4, -0.2) is 22.2 Å². The molecule has 1 heterocycles. The van der Waals surface area contributed by atoms with Crippen LogP contribution in [0.25, 0.3) is 0 Å². The van der Waals surface area contributed by atoms with Gasteiger partial charge >= 0.3 is 6.01 Å². The Hall–Kier alpha value is -1.10. The van der Waals surface area contributed by atoms with Gasteiger partial charge < -0.3 is 15.6 Å². The van der Waals surface area contributed by atoms with Gasteiger partial charge in [0.1, 0.15) is 0 Å². The molecule has 0 radical (unpaired) electrons. The third-order valence-corrected chi connectivity index (χ3v) is 3.06. The van der Waals surface area contributed by atoms with Crippen LogP contribution in [0, 0.1) is 0 Å². The van der Waals surface area contributed by atoms with Crippen LogP contribution in [0.15, 0.2) is 4.52 Å². The van der Waals surface area contributed by atoms with Gasteiger partial charge in [-0.25, -0.2) is 0 Å². The highest BCUT2D eigenvalue weighted by Crippen LogP contribution is 2.21. The maximum Gasteiger partial charge on any atom is 0.321 e. The molecular formula is C11H20N4O. The molecule has 0 bridgehead atoms. The summed E-state index contributed by atoms with van der Waals surface area (Å²) in [6, 6.07) is 1.34. The van der Waals surface area contributed by atoms with Crippen LogP contribution < -0.4 is 11.1 Å². The van der Waals surface area contributed by atoms with Gasteiger partial charge in [0.25, 0.3) is 0 Å². The lowest BCUT2D eigenvalue weighted by Crippen LogP contribution is -2.32. The minimum atomic E-state index is 0.305. The van der Waals surface area contributed by atoms with Crippen molar-refractivity contribution in [2.45, 2.75) is 57.5 Å². The Morgan fingerprint density at radius 2 is 2.00 bits per heavy atom. The molecule has 3 N–H and O–H groups in total. The molecule has 1 fully saturated rings. The first-order valence-electron chi connectivity index (χ1n) is 6.01. The fourth-order valence-corrected chi connectivity index (χ4v) is 1.97. The van der Waals surface area contributed by atoms with E-state index >= 15 is 0 Å². The second kappa shape index (κ2) is 4.82. The van der Waals surface area contributed by atoms with E-state index in [0.29, 0.717) is 24.0 Å². The van der Waals surface area contributed by atoms with Crippen LogP contribution in [0.4, 0.5) is 6.01 Å². The second-order valence-electron chi connectivity index (χ2n) is 4.87. The summed E-state index contributed by atoms with van der Waals surface area (Å²) in [5.74, 6) is 1.06. The minimum absolute atomic E-state index is 0.305. The van der Waals surface area contributed by atoms with Gasteiger partial charge in [0.15, 0.2) is 5.82 Å². The molecule has 0 aliphatic heterocycles. The van der Waals surface area contributed by atoms with Gasteiger partial charge in [-0.05, 0) is 25.7 Å². The Morgan fingerprint density at radius 3 is 2.56 bits per heavy atom. The third-order valence-electron chi connectivity index (χ3n) is 3.06. The van der Waals surface area contributed by atoms with E-state index < -0.39 is 0 Å².